The summed E-state index contributed by atoms with van der Waals surface area (Å²) >= 11 is 0. The van der Waals surface area contributed by atoms with Gasteiger partial charge < -0.3 is 0 Å². The van der Waals surface area contributed by atoms with Crippen molar-refractivity contribution in [2.24, 2.45) is 57.7 Å². The van der Waals surface area contributed by atoms with Crippen LogP contribution >= 0.6 is 0 Å². The predicted octanol–water partition coefficient (Wildman–Crippen LogP) is 5.92. The minimum atomic E-state index is -5.07. The van der Waals surface area contributed by atoms with Gasteiger partial charge in [-0.25, -0.2) is 12.5 Å². The highest BCUT2D eigenvalue weighted by atomic mass is 32.3. The molecule has 15 heteroatoms. The molecule has 0 unspecified atom stereocenters. The summed E-state index contributed by atoms with van der Waals surface area (Å²) in [6.07, 6.45) is 3.06. The first-order valence-corrected chi connectivity index (χ1v) is 20.5. The summed E-state index contributed by atoms with van der Waals surface area (Å²) in [5.74, 6) is 1.13. The molecule has 0 amide bonds. The monoisotopic (exact) mass is 702 g/mol. The van der Waals surface area contributed by atoms with E-state index in [0.29, 0.717) is 24.2 Å². The summed E-state index contributed by atoms with van der Waals surface area (Å²) in [4.78, 5) is 0. The van der Waals surface area contributed by atoms with E-state index < -0.39 is 60.8 Å². The highest BCUT2D eigenvalue weighted by Crippen LogP contribution is 2.69. The van der Waals surface area contributed by atoms with Crippen LogP contribution in [-0.4, -0.2) is 57.2 Å². The molecule has 0 aliphatic heterocycles. The van der Waals surface area contributed by atoms with Crippen LogP contribution in [0.2, 0.25) is 0 Å². The third kappa shape index (κ3) is 8.09. The van der Waals surface area contributed by atoms with E-state index in [1.807, 2.05) is 6.92 Å². The zero-order valence-corrected chi connectivity index (χ0v) is 30.0. The van der Waals surface area contributed by atoms with Gasteiger partial charge in [-0.15, -0.1) is 0 Å². The Labute approximate surface area is 270 Å². The van der Waals surface area contributed by atoms with Crippen LogP contribution in [0.3, 0.4) is 0 Å². The molecule has 4 fully saturated rings. The van der Waals surface area contributed by atoms with Crippen molar-refractivity contribution in [1.82, 2.24) is 0 Å². The summed E-state index contributed by atoms with van der Waals surface area (Å²) in [5.41, 5.74) is -0.539. The molecule has 0 aromatic carbocycles. The topological polar surface area (TPSA) is 191 Å². The first-order chi connectivity index (χ1) is 20.4. The largest absolute Gasteiger partial charge is 0.397 e. The van der Waals surface area contributed by atoms with Gasteiger partial charge in [0.05, 0.1) is 6.10 Å². The second-order valence-corrected chi connectivity index (χ2v) is 19.0. The third-order valence-electron chi connectivity index (χ3n) is 13.4. The van der Waals surface area contributed by atoms with Gasteiger partial charge in [-0.3, -0.25) is 13.7 Å². The maximum atomic E-state index is 12.1. The van der Waals surface area contributed by atoms with E-state index in [1.165, 1.54) is 0 Å². The lowest BCUT2D eigenvalue weighted by molar-refractivity contribution is -0.184. The molecule has 0 heterocycles. The molecule has 4 rings (SSSR count). The van der Waals surface area contributed by atoms with Crippen molar-refractivity contribution >= 4 is 31.2 Å². The normalized spacial score (nSPS) is 40.7. The van der Waals surface area contributed by atoms with Crippen molar-refractivity contribution in [3.63, 3.8) is 0 Å². The zero-order chi connectivity index (χ0) is 34.0. The Morgan fingerprint density at radius 2 is 1.27 bits per heavy atom. The quantitative estimate of drug-likeness (QED) is 0.204. The molecule has 45 heavy (non-hydrogen) atoms. The zero-order valence-electron chi connectivity index (χ0n) is 27.6. The maximum absolute atomic E-state index is 12.1. The molecule has 0 radical (unpaired) electrons. The molecule has 4 aliphatic carbocycles. The first-order valence-electron chi connectivity index (χ1n) is 16.4. The average Bonchev–Trinajstić information content (AvgIpc) is 3.23. The molecular weight excluding hydrogens is 649 g/mol. The number of hydrogen-bond acceptors (Lipinski definition) is 9. The first kappa shape index (κ1) is 37.4. The molecule has 12 atom stereocenters. The van der Waals surface area contributed by atoms with Crippen molar-refractivity contribution < 1.29 is 51.5 Å². The van der Waals surface area contributed by atoms with Crippen LogP contribution in [0.1, 0.15) is 113 Å². The Balaban J connectivity index is 1.65. The molecule has 0 saturated heterocycles. The Kier molecular flexibility index (Phi) is 10.7. The fourth-order valence-corrected chi connectivity index (χ4v) is 12.0. The standard InChI is InChI=1S/C30H54O12S3/c1-8-28(4,5)19(3)10-9-18(2)21-11-12-22-20-15-25(40-43(31,32)33)24-16-26(41-44(34,35)36)27(42-45(37,38)39)17-30(24,7)23(20)13-14-29(21,22)6/h18-27H,8-17H2,1-7H3,(H,31,32,33)(H,34,35,36)(H,37,38,39)/t18-,19-,20+,21-,22+,23+,24-,25+,26+,27+,29-,30-/m1/s1. The molecule has 3 N–H and O–H groups in total. The molecule has 264 valence electrons. The van der Waals surface area contributed by atoms with E-state index in [1.54, 1.807) is 0 Å². The smallest absolute Gasteiger partial charge is 0.264 e. The van der Waals surface area contributed by atoms with Gasteiger partial charge in [0.25, 0.3) is 0 Å². The van der Waals surface area contributed by atoms with Crippen molar-refractivity contribution in [3.05, 3.63) is 0 Å². The van der Waals surface area contributed by atoms with Crippen LogP contribution in [0.4, 0.5) is 0 Å². The van der Waals surface area contributed by atoms with Gasteiger partial charge in [-0.05, 0) is 109 Å². The second-order valence-electron chi connectivity index (χ2n) is 15.9. The highest BCUT2D eigenvalue weighted by Gasteiger charge is 2.65. The molecular formula is C30H54O12S3. The maximum Gasteiger partial charge on any atom is 0.397 e. The van der Waals surface area contributed by atoms with Crippen LogP contribution in [0.25, 0.3) is 0 Å². The third-order valence-corrected chi connectivity index (χ3v) is 14.9. The van der Waals surface area contributed by atoms with Crippen LogP contribution in [-0.2, 0) is 43.7 Å². The van der Waals surface area contributed by atoms with Gasteiger partial charge >= 0.3 is 31.2 Å². The minimum absolute atomic E-state index is 0.00248. The molecule has 0 aromatic rings. The van der Waals surface area contributed by atoms with E-state index in [2.05, 4.69) is 41.5 Å². The van der Waals surface area contributed by atoms with E-state index in [9.17, 15) is 38.9 Å². The molecule has 0 bridgehead atoms. The molecule has 4 saturated carbocycles. The van der Waals surface area contributed by atoms with Crippen molar-refractivity contribution in [2.45, 2.75) is 131 Å². The minimum Gasteiger partial charge on any atom is -0.264 e. The van der Waals surface area contributed by atoms with E-state index in [4.69, 9.17) is 12.5 Å². The van der Waals surface area contributed by atoms with E-state index in [0.717, 1.165) is 44.9 Å². The van der Waals surface area contributed by atoms with Crippen molar-refractivity contribution in [2.75, 3.05) is 0 Å². The second kappa shape index (κ2) is 12.8. The van der Waals surface area contributed by atoms with Gasteiger partial charge in [0.2, 0.25) is 0 Å². The number of fused-ring (bicyclic) bond motifs is 5. The van der Waals surface area contributed by atoms with Gasteiger partial charge in [0, 0.05) is 0 Å². The summed E-state index contributed by atoms with van der Waals surface area (Å²) in [5, 5.41) is 0. The molecule has 12 nitrogen and oxygen atoms in total. The fourth-order valence-electron chi connectivity index (χ4n) is 10.5. The van der Waals surface area contributed by atoms with Gasteiger partial charge in [0.1, 0.15) is 12.2 Å². The van der Waals surface area contributed by atoms with Crippen LogP contribution < -0.4 is 0 Å². The lowest BCUT2D eigenvalue weighted by atomic mass is 9.43. The fraction of sp³-hybridized carbons (Fsp3) is 1.00. The van der Waals surface area contributed by atoms with Crippen LogP contribution in [0.5, 0.6) is 0 Å². The Hall–Kier alpha value is -0.390. The van der Waals surface area contributed by atoms with Crippen molar-refractivity contribution in [3.8, 4) is 0 Å². The van der Waals surface area contributed by atoms with Crippen LogP contribution in [0.15, 0.2) is 0 Å². The SMILES string of the molecule is CCC(C)(C)[C@H](C)CC[C@@H](C)[C@H]1CC[C@H]2[C@@H]3C[C@H](OS(=O)(=O)O)[C@H]4C[C@H](OS(=O)(=O)O)[C@@H](OS(=O)(=O)O)C[C@]4(C)[C@H]3CC[C@]12C. The molecule has 4 aliphatic rings. The summed E-state index contributed by atoms with van der Waals surface area (Å²) < 4.78 is 115. The summed E-state index contributed by atoms with van der Waals surface area (Å²) in [6.45, 7) is 15.8. The average molecular weight is 703 g/mol. The molecule has 0 aromatic heterocycles. The number of rotatable bonds is 12. The van der Waals surface area contributed by atoms with Crippen molar-refractivity contribution in [1.29, 1.82) is 0 Å². The van der Waals surface area contributed by atoms with E-state index >= 15 is 0 Å². The van der Waals surface area contributed by atoms with E-state index in [-0.39, 0.29) is 41.4 Å². The lowest BCUT2D eigenvalue weighted by Gasteiger charge is -2.63. The Morgan fingerprint density at radius 1 is 0.733 bits per heavy atom. The Bertz CT molecular complexity index is 1400. The Morgan fingerprint density at radius 3 is 1.82 bits per heavy atom. The molecule has 0 spiro atoms. The van der Waals surface area contributed by atoms with Crippen LogP contribution in [0, 0.1) is 57.7 Å². The lowest BCUT2D eigenvalue weighted by Crippen LogP contribution is -2.62. The highest BCUT2D eigenvalue weighted by molar-refractivity contribution is 7.81. The van der Waals surface area contributed by atoms with Gasteiger partial charge in [-0.1, -0.05) is 61.3 Å². The summed E-state index contributed by atoms with van der Waals surface area (Å²) in [7, 11) is -15.0. The number of hydrogen-bond donors (Lipinski definition) is 3. The predicted molar refractivity (Wildman–Crippen MR) is 167 cm³/mol. The van der Waals surface area contributed by atoms with Gasteiger partial charge in [0.15, 0.2) is 0 Å². The summed E-state index contributed by atoms with van der Waals surface area (Å²) in [6, 6.07) is 0. The van der Waals surface area contributed by atoms with Gasteiger partial charge in [-0.2, -0.15) is 25.3 Å².